The Bertz CT molecular complexity index is 387. The number of hydrogen-bond donors (Lipinski definition) is 1. The van der Waals surface area contributed by atoms with Gasteiger partial charge in [-0.15, -0.1) is 0 Å². The fraction of sp³-hybridized carbons (Fsp3) is 0.667. The van der Waals surface area contributed by atoms with E-state index in [-0.39, 0.29) is 5.82 Å². The number of rotatable bonds is 10. The van der Waals surface area contributed by atoms with E-state index < -0.39 is 0 Å². The minimum atomic E-state index is -0.0440. The van der Waals surface area contributed by atoms with Crippen molar-refractivity contribution in [1.82, 2.24) is 5.32 Å². The summed E-state index contributed by atoms with van der Waals surface area (Å²) in [5, 5.41) is 3.61. The Morgan fingerprint density at radius 2 is 2.00 bits per heavy atom. The number of benzene rings is 1. The van der Waals surface area contributed by atoms with Gasteiger partial charge < -0.3 is 5.32 Å². The van der Waals surface area contributed by atoms with Crippen molar-refractivity contribution in [2.24, 2.45) is 5.92 Å². The normalized spacial score (nSPS) is 16.3. The molecular formula is C18H28FN. The molecule has 1 aliphatic rings. The average Bonchev–Trinajstić information content (AvgIpc) is 3.27. The molecule has 1 atom stereocenters. The molecule has 0 bridgehead atoms. The summed E-state index contributed by atoms with van der Waals surface area (Å²) in [6.45, 7) is 3.29. The third-order valence-electron chi connectivity index (χ3n) is 4.20. The lowest BCUT2D eigenvalue weighted by Gasteiger charge is -2.18. The highest BCUT2D eigenvalue weighted by Gasteiger charge is 2.22. The van der Waals surface area contributed by atoms with Crippen molar-refractivity contribution in [1.29, 1.82) is 0 Å². The van der Waals surface area contributed by atoms with E-state index in [1.165, 1.54) is 44.9 Å². The molecule has 0 aliphatic heterocycles. The second-order valence-electron chi connectivity index (χ2n) is 6.19. The minimum absolute atomic E-state index is 0.0440. The number of hydrogen-bond acceptors (Lipinski definition) is 1. The molecule has 0 radical (unpaired) electrons. The molecule has 1 aliphatic carbocycles. The topological polar surface area (TPSA) is 12.0 Å². The molecule has 0 aromatic heterocycles. The van der Waals surface area contributed by atoms with E-state index in [2.05, 4.69) is 12.2 Å². The van der Waals surface area contributed by atoms with E-state index in [1.807, 2.05) is 12.1 Å². The predicted octanol–water partition coefficient (Wildman–Crippen LogP) is 4.71. The fourth-order valence-electron chi connectivity index (χ4n) is 2.73. The van der Waals surface area contributed by atoms with Crippen LogP contribution in [0, 0.1) is 11.7 Å². The number of unbranched alkanes of at least 4 members (excludes halogenated alkanes) is 3. The van der Waals surface area contributed by atoms with Gasteiger partial charge in [-0.1, -0.05) is 50.8 Å². The van der Waals surface area contributed by atoms with Gasteiger partial charge in [0, 0.05) is 6.04 Å². The second kappa shape index (κ2) is 8.41. The molecule has 20 heavy (non-hydrogen) atoms. The first kappa shape index (κ1) is 15.5. The van der Waals surface area contributed by atoms with Crippen molar-refractivity contribution < 1.29 is 4.39 Å². The molecule has 2 heteroatoms. The monoisotopic (exact) mass is 277 g/mol. The Hall–Kier alpha value is -0.890. The SMILES string of the molecule is CCCCCCC(CNC1CC1)Cc1ccccc1F. The van der Waals surface area contributed by atoms with Gasteiger partial charge in [0.05, 0.1) is 0 Å². The van der Waals surface area contributed by atoms with Gasteiger partial charge in [0.1, 0.15) is 5.82 Å². The van der Waals surface area contributed by atoms with Crippen LogP contribution in [0.3, 0.4) is 0 Å². The van der Waals surface area contributed by atoms with Crippen LogP contribution < -0.4 is 5.32 Å². The molecule has 0 amide bonds. The highest BCUT2D eigenvalue weighted by atomic mass is 19.1. The standard InChI is InChI=1S/C18H28FN/c1-2-3-4-5-8-15(14-20-17-11-12-17)13-16-9-6-7-10-18(16)19/h6-7,9-10,15,17,20H,2-5,8,11-14H2,1H3. The summed E-state index contributed by atoms with van der Waals surface area (Å²) >= 11 is 0. The van der Waals surface area contributed by atoms with Crippen LogP contribution in [0.2, 0.25) is 0 Å². The predicted molar refractivity (Wildman–Crippen MR) is 83.4 cm³/mol. The van der Waals surface area contributed by atoms with Crippen LogP contribution >= 0.6 is 0 Å². The quantitative estimate of drug-likeness (QED) is 0.611. The van der Waals surface area contributed by atoms with E-state index in [0.29, 0.717) is 5.92 Å². The lowest BCUT2D eigenvalue weighted by Crippen LogP contribution is -2.26. The fourth-order valence-corrected chi connectivity index (χ4v) is 2.73. The van der Waals surface area contributed by atoms with Crippen molar-refractivity contribution in [2.45, 2.75) is 64.3 Å². The summed E-state index contributed by atoms with van der Waals surface area (Å²) in [5.41, 5.74) is 0.880. The highest BCUT2D eigenvalue weighted by molar-refractivity contribution is 5.17. The van der Waals surface area contributed by atoms with Crippen LogP contribution in [0.15, 0.2) is 24.3 Å². The maximum atomic E-state index is 13.8. The third kappa shape index (κ3) is 5.62. The molecule has 0 spiro atoms. The smallest absolute Gasteiger partial charge is 0.126 e. The van der Waals surface area contributed by atoms with E-state index in [9.17, 15) is 4.39 Å². The maximum absolute atomic E-state index is 13.8. The molecule has 1 nitrogen and oxygen atoms in total. The molecule has 1 aromatic rings. The zero-order valence-electron chi connectivity index (χ0n) is 12.7. The van der Waals surface area contributed by atoms with E-state index in [0.717, 1.165) is 24.6 Å². The van der Waals surface area contributed by atoms with Gasteiger partial charge in [0.2, 0.25) is 0 Å². The Morgan fingerprint density at radius 1 is 1.20 bits per heavy atom. The molecule has 2 rings (SSSR count). The van der Waals surface area contributed by atoms with E-state index in [1.54, 1.807) is 12.1 Å². The van der Waals surface area contributed by atoms with Crippen LogP contribution in [0.4, 0.5) is 4.39 Å². The van der Waals surface area contributed by atoms with Crippen LogP contribution in [-0.4, -0.2) is 12.6 Å². The molecule has 0 saturated heterocycles. The van der Waals surface area contributed by atoms with Crippen LogP contribution in [0.5, 0.6) is 0 Å². The Labute approximate surface area is 123 Å². The number of nitrogens with one attached hydrogen (secondary N) is 1. The summed E-state index contributed by atoms with van der Waals surface area (Å²) in [6, 6.07) is 7.98. The molecule has 1 fully saturated rings. The third-order valence-corrected chi connectivity index (χ3v) is 4.20. The lowest BCUT2D eigenvalue weighted by molar-refractivity contribution is 0.414. The minimum Gasteiger partial charge on any atom is -0.314 e. The molecule has 1 aromatic carbocycles. The van der Waals surface area contributed by atoms with Crippen LogP contribution in [0.25, 0.3) is 0 Å². The van der Waals surface area contributed by atoms with Gasteiger partial charge >= 0.3 is 0 Å². The largest absolute Gasteiger partial charge is 0.314 e. The van der Waals surface area contributed by atoms with E-state index in [4.69, 9.17) is 0 Å². The van der Waals surface area contributed by atoms with Gasteiger partial charge in [-0.2, -0.15) is 0 Å². The summed E-state index contributed by atoms with van der Waals surface area (Å²) in [4.78, 5) is 0. The first-order valence-corrected chi connectivity index (χ1v) is 8.26. The molecule has 1 unspecified atom stereocenters. The first-order chi connectivity index (χ1) is 9.79. The van der Waals surface area contributed by atoms with Crippen molar-refractivity contribution in [3.8, 4) is 0 Å². The molecule has 112 valence electrons. The van der Waals surface area contributed by atoms with Crippen molar-refractivity contribution in [2.75, 3.05) is 6.54 Å². The molecular weight excluding hydrogens is 249 g/mol. The summed E-state index contributed by atoms with van der Waals surface area (Å²) in [6.07, 6.45) is 9.92. The Morgan fingerprint density at radius 3 is 2.70 bits per heavy atom. The second-order valence-corrected chi connectivity index (χ2v) is 6.19. The summed E-state index contributed by atoms with van der Waals surface area (Å²) in [5.74, 6) is 0.529. The molecule has 1 N–H and O–H groups in total. The maximum Gasteiger partial charge on any atom is 0.126 e. The zero-order valence-corrected chi connectivity index (χ0v) is 12.7. The zero-order chi connectivity index (χ0) is 14.2. The van der Waals surface area contributed by atoms with Crippen molar-refractivity contribution in [3.63, 3.8) is 0 Å². The van der Waals surface area contributed by atoms with Crippen LogP contribution in [0.1, 0.15) is 57.4 Å². The van der Waals surface area contributed by atoms with Gasteiger partial charge in [-0.05, 0) is 49.8 Å². The number of halogens is 1. The van der Waals surface area contributed by atoms with Gasteiger partial charge in [-0.3, -0.25) is 0 Å². The molecule has 1 saturated carbocycles. The summed E-state index contributed by atoms with van der Waals surface area (Å²) < 4.78 is 13.8. The lowest BCUT2D eigenvalue weighted by atomic mass is 9.93. The first-order valence-electron chi connectivity index (χ1n) is 8.26. The van der Waals surface area contributed by atoms with Crippen LogP contribution in [-0.2, 0) is 6.42 Å². The Kier molecular flexibility index (Phi) is 6.52. The molecule has 0 heterocycles. The highest BCUT2D eigenvalue weighted by Crippen LogP contribution is 2.22. The van der Waals surface area contributed by atoms with Crippen molar-refractivity contribution in [3.05, 3.63) is 35.6 Å². The van der Waals surface area contributed by atoms with Gasteiger partial charge in [0.15, 0.2) is 0 Å². The van der Waals surface area contributed by atoms with Gasteiger partial charge in [-0.25, -0.2) is 4.39 Å². The van der Waals surface area contributed by atoms with E-state index >= 15 is 0 Å². The Balaban J connectivity index is 1.81. The average molecular weight is 277 g/mol. The van der Waals surface area contributed by atoms with Crippen molar-refractivity contribution >= 4 is 0 Å². The van der Waals surface area contributed by atoms with Gasteiger partial charge in [0.25, 0.3) is 0 Å². The summed E-state index contributed by atoms with van der Waals surface area (Å²) in [7, 11) is 0.